The fraction of sp³-hybridized carbons (Fsp3) is 0.833. The highest BCUT2D eigenvalue weighted by Gasteiger charge is 2.20. The molecule has 0 radical (unpaired) electrons. The molecule has 4 heteroatoms. The van der Waals surface area contributed by atoms with Gasteiger partial charge in [0, 0.05) is 18.9 Å². The molecule has 0 aromatic heterocycles. The third kappa shape index (κ3) is 4.22. The fourth-order valence-corrected chi connectivity index (χ4v) is 2.08. The van der Waals surface area contributed by atoms with Crippen molar-refractivity contribution >= 4 is 12.4 Å². The maximum Gasteiger partial charge on any atom is 0.0908 e. The van der Waals surface area contributed by atoms with E-state index in [1.807, 2.05) is 0 Å². The second-order valence-corrected chi connectivity index (χ2v) is 4.47. The third-order valence-corrected chi connectivity index (χ3v) is 2.96. The minimum Gasteiger partial charge on any atom is -0.359 e. The second-order valence-electron chi connectivity index (χ2n) is 4.47. The van der Waals surface area contributed by atoms with E-state index in [1.54, 1.807) is 0 Å². The lowest BCUT2D eigenvalue weighted by Crippen LogP contribution is -2.42. The number of hydrogen-bond donors (Lipinski definition) is 0. The van der Waals surface area contributed by atoms with Gasteiger partial charge < -0.3 is 9.80 Å². The molecule has 1 heterocycles. The number of nitrogens with zero attached hydrogens (tertiary/aromatic N) is 3. The van der Waals surface area contributed by atoms with Gasteiger partial charge in [-0.1, -0.05) is 20.3 Å². The van der Waals surface area contributed by atoms with Crippen molar-refractivity contribution in [2.75, 3.05) is 27.3 Å². The first-order chi connectivity index (χ1) is 7.19. The number of halogens is 1. The largest absolute Gasteiger partial charge is 0.359 e. The summed E-state index contributed by atoms with van der Waals surface area (Å²) in [6.07, 6.45) is 8.71. The van der Waals surface area contributed by atoms with Gasteiger partial charge in [0.25, 0.3) is 0 Å². The SMILES string of the molecule is CCCCN1C=CN(C(CC)N(C)C)C1.Cl. The van der Waals surface area contributed by atoms with E-state index in [-0.39, 0.29) is 12.4 Å². The highest BCUT2D eigenvalue weighted by Crippen LogP contribution is 2.14. The van der Waals surface area contributed by atoms with Crippen molar-refractivity contribution in [3.63, 3.8) is 0 Å². The molecule has 1 rings (SSSR count). The molecule has 1 atom stereocenters. The van der Waals surface area contributed by atoms with Crippen molar-refractivity contribution in [2.45, 2.75) is 39.3 Å². The minimum absolute atomic E-state index is 0. The molecule has 0 amide bonds. The molecule has 0 saturated heterocycles. The smallest absolute Gasteiger partial charge is 0.0908 e. The van der Waals surface area contributed by atoms with Crippen molar-refractivity contribution in [2.24, 2.45) is 0 Å². The zero-order valence-electron chi connectivity index (χ0n) is 11.0. The van der Waals surface area contributed by atoms with Crippen LogP contribution in [-0.2, 0) is 0 Å². The molecule has 96 valence electrons. The normalized spacial score (nSPS) is 16.8. The van der Waals surface area contributed by atoms with E-state index >= 15 is 0 Å². The summed E-state index contributed by atoms with van der Waals surface area (Å²) in [6, 6.07) is 0. The van der Waals surface area contributed by atoms with Gasteiger partial charge in [-0.2, -0.15) is 0 Å². The Labute approximate surface area is 106 Å². The van der Waals surface area contributed by atoms with Crippen LogP contribution < -0.4 is 0 Å². The van der Waals surface area contributed by atoms with Crippen molar-refractivity contribution in [3.05, 3.63) is 12.4 Å². The average molecular weight is 248 g/mol. The first-order valence-corrected chi connectivity index (χ1v) is 6.03. The Morgan fingerprint density at radius 1 is 1.25 bits per heavy atom. The summed E-state index contributed by atoms with van der Waals surface area (Å²) >= 11 is 0. The maximum atomic E-state index is 2.41. The van der Waals surface area contributed by atoms with Gasteiger partial charge in [0.2, 0.25) is 0 Å². The zero-order chi connectivity index (χ0) is 11.3. The van der Waals surface area contributed by atoms with Gasteiger partial charge in [0.05, 0.1) is 12.8 Å². The molecule has 0 saturated carbocycles. The summed E-state index contributed by atoms with van der Waals surface area (Å²) in [5, 5.41) is 0. The molecule has 1 unspecified atom stereocenters. The predicted molar refractivity (Wildman–Crippen MR) is 72.5 cm³/mol. The van der Waals surface area contributed by atoms with Crippen molar-refractivity contribution in [1.29, 1.82) is 0 Å². The number of unbranched alkanes of at least 4 members (excludes halogenated alkanes) is 1. The standard InChI is InChI=1S/C12H25N3.ClH/c1-5-7-8-14-9-10-15(11-14)12(6-2)13(3)4;/h9-10,12H,5-8,11H2,1-4H3;1H. The van der Waals surface area contributed by atoms with E-state index in [1.165, 1.54) is 25.8 Å². The summed E-state index contributed by atoms with van der Waals surface area (Å²) in [5.41, 5.74) is 0. The Morgan fingerprint density at radius 2 is 1.94 bits per heavy atom. The van der Waals surface area contributed by atoms with Crippen LogP contribution in [0.1, 0.15) is 33.1 Å². The first-order valence-electron chi connectivity index (χ1n) is 6.03. The maximum absolute atomic E-state index is 2.41. The molecule has 0 aromatic rings. The highest BCUT2D eigenvalue weighted by molar-refractivity contribution is 5.85. The Balaban J connectivity index is 0.00000225. The van der Waals surface area contributed by atoms with Gasteiger partial charge in [-0.15, -0.1) is 12.4 Å². The minimum atomic E-state index is 0. The van der Waals surface area contributed by atoms with Crippen LogP contribution in [0.2, 0.25) is 0 Å². The van der Waals surface area contributed by atoms with E-state index in [0.717, 1.165) is 6.67 Å². The second kappa shape index (κ2) is 7.80. The molecule has 0 aliphatic carbocycles. The van der Waals surface area contributed by atoms with Crippen molar-refractivity contribution in [1.82, 2.24) is 14.7 Å². The predicted octanol–water partition coefficient (Wildman–Crippen LogP) is 2.55. The third-order valence-electron chi connectivity index (χ3n) is 2.96. The van der Waals surface area contributed by atoms with Crippen LogP contribution in [0.15, 0.2) is 12.4 Å². The Bertz CT molecular complexity index is 206. The molecular formula is C12H26ClN3. The molecule has 0 N–H and O–H groups in total. The van der Waals surface area contributed by atoms with Gasteiger partial charge in [0.1, 0.15) is 0 Å². The lowest BCUT2D eigenvalue weighted by molar-refractivity contribution is 0.0984. The number of rotatable bonds is 6. The van der Waals surface area contributed by atoms with Gasteiger partial charge >= 0.3 is 0 Å². The average Bonchev–Trinajstić information content (AvgIpc) is 2.64. The molecule has 3 nitrogen and oxygen atoms in total. The molecular weight excluding hydrogens is 222 g/mol. The molecule has 0 bridgehead atoms. The van der Waals surface area contributed by atoms with E-state index in [9.17, 15) is 0 Å². The quantitative estimate of drug-likeness (QED) is 0.714. The van der Waals surface area contributed by atoms with Crippen molar-refractivity contribution < 1.29 is 0 Å². The van der Waals surface area contributed by atoms with Gasteiger partial charge in [0.15, 0.2) is 0 Å². The van der Waals surface area contributed by atoms with Crippen LogP contribution >= 0.6 is 12.4 Å². The Hall–Kier alpha value is -0.410. The number of hydrogen-bond acceptors (Lipinski definition) is 3. The first kappa shape index (κ1) is 15.6. The monoisotopic (exact) mass is 247 g/mol. The zero-order valence-corrected chi connectivity index (χ0v) is 11.8. The van der Waals surface area contributed by atoms with E-state index in [0.29, 0.717) is 6.17 Å². The topological polar surface area (TPSA) is 9.72 Å². The van der Waals surface area contributed by atoms with Gasteiger partial charge in [-0.3, -0.25) is 4.90 Å². The van der Waals surface area contributed by atoms with E-state index < -0.39 is 0 Å². The van der Waals surface area contributed by atoms with E-state index in [4.69, 9.17) is 0 Å². The molecule has 0 spiro atoms. The lowest BCUT2D eigenvalue weighted by Gasteiger charge is -2.33. The summed E-state index contributed by atoms with van der Waals surface area (Å²) < 4.78 is 0. The van der Waals surface area contributed by atoms with Crippen LogP contribution in [0.4, 0.5) is 0 Å². The highest BCUT2D eigenvalue weighted by atomic mass is 35.5. The molecule has 0 aromatic carbocycles. The summed E-state index contributed by atoms with van der Waals surface area (Å²) in [7, 11) is 4.30. The van der Waals surface area contributed by atoms with E-state index in [2.05, 4.69) is 55.0 Å². The summed E-state index contributed by atoms with van der Waals surface area (Å²) in [6.45, 7) is 6.73. The van der Waals surface area contributed by atoms with Crippen LogP contribution in [0.5, 0.6) is 0 Å². The van der Waals surface area contributed by atoms with Crippen LogP contribution in [-0.4, -0.2) is 48.2 Å². The van der Waals surface area contributed by atoms with Gasteiger partial charge in [-0.05, 0) is 26.9 Å². The molecule has 1 aliphatic heterocycles. The lowest BCUT2D eigenvalue weighted by atomic mass is 10.3. The Morgan fingerprint density at radius 3 is 2.44 bits per heavy atom. The van der Waals surface area contributed by atoms with Crippen LogP contribution in [0, 0.1) is 0 Å². The Kier molecular flexibility index (Phi) is 7.60. The van der Waals surface area contributed by atoms with Crippen LogP contribution in [0.25, 0.3) is 0 Å². The van der Waals surface area contributed by atoms with Crippen LogP contribution in [0.3, 0.4) is 0 Å². The molecule has 1 aliphatic rings. The molecule has 16 heavy (non-hydrogen) atoms. The molecule has 0 fully saturated rings. The summed E-state index contributed by atoms with van der Waals surface area (Å²) in [4.78, 5) is 7.10. The fourth-order valence-electron chi connectivity index (χ4n) is 2.08. The summed E-state index contributed by atoms with van der Waals surface area (Å²) in [5.74, 6) is 0. The van der Waals surface area contributed by atoms with Gasteiger partial charge in [-0.25, -0.2) is 0 Å². The van der Waals surface area contributed by atoms with Crippen molar-refractivity contribution in [3.8, 4) is 0 Å².